The summed E-state index contributed by atoms with van der Waals surface area (Å²) in [6.07, 6.45) is 8.42. The Morgan fingerprint density at radius 1 is 1.11 bits per heavy atom. The predicted molar refractivity (Wildman–Crippen MR) is 76.3 cm³/mol. The molecule has 0 amide bonds. The Bertz CT molecular complexity index is 283. The Kier molecular flexibility index (Phi) is 3.44. The smallest absolute Gasteiger partial charge is 0.0135 e. The van der Waals surface area contributed by atoms with Crippen LogP contribution in [0.25, 0.3) is 0 Å². The van der Waals surface area contributed by atoms with Gasteiger partial charge < -0.3 is 11.1 Å². The standard InChI is InChI=1S/C16H30N2/c1-16(2,7-8-17)6-3-9-18-15-13-11-4-5-12(10-11)14(13)15/h11-15,18H,3-10,17H2,1-2H3. The van der Waals surface area contributed by atoms with Crippen molar-refractivity contribution in [3.05, 3.63) is 0 Å². The lowest BCUT2D eigenvalue weighted by Crippen LogP contribution is -2.25. The molecule has 18 heavy (non-hydrogen) atoms. The van der Waals surface area contributed by atoms with Crippen LogP contribution in [0.1, 0.15) is 52.4 Å². The molecule has 4 atom stereocenters. The lowest BCUT2D eigenvalue weighted by atomic mass is 9.84. The SMILES string of the molecule is CC(C)(CCN)CCCNC1C2C3CCC(C3)C12. The number of nitrogens with one attached hydrogen (secondary N) is 1. The third-order valence-corrected chi connectivity index (χ3v) is 5.97. The summed E-state index contributed by atoms with van der Waals surface area (Å²) in [5, 5.41) is 3.84. The number of nitrogens with two attached hydrogens (primary N) is 1. The summed E-state index contributed by atoms with van der Waals surface area (Å²) in [6.45, 7) is 6.76. The van der Waals surface area contributed by atoms with E-state index in [2.05, 4.69) is 19.2 Å². The van der Waals surface area contributed by atoms with E-state index in [1.807, 2.05) is 0 Å². The zero-order valence-electron chi connectivity index (χ0n) is 12.1. The molecule has 2 heteroatoms. The molecule has 3 aliphatic carbocycles. The van der Waals surface area contributed by atoms with Gasteiger partial charge in [-0.3, -0.25) is 0 Å². The molecule has 0 radical (unpaired) electrons. The summed E-state index contributed by atoms with van der Waals surface area (Å²) in [4.78, 5) is 0. The minimum absolute atomic E-state index is 0.439. The topological polar surface area (TPSA) is 38.0 Å². The Morgan fingerprint density at radius 2 is 1.78 bits per heavy atom. The van der Waals surface area contributed by atoms with Gasteiger partial charge in [-0.15, -0.1) is 0 Å². The molecule has 3 fully saturated rings. The fraction of sp³-hybridized carbons (Fsp3) is 1.00. The van der Waals surface area contributed by atoms with Gasteiger partial charge in [-0.1, -0.05) is 13.8 Å². The maximum atomic E-state index is 5.66. The van der Waals surface area contributed by atoms with Crippen LogP contribution in [-0.4, -0.2) is 19.1 Å². The van der Waals surface area contributed by atoms with Gasteiger partial charge in [-0.25, -0.2) is 0 Å². The van der Waals surface area contributed by atoms with Crippen LogP contribution < -0.4 is 11.1 Å². The summed E-state index contributed by atoms with van der Waals surface area (Å²) >= 11 is 0. The monoisotopic (exact) mass is 250 g/mol. The van der Waals surface area contributed by atoms with E-state index < -0.39 is 0 Å². The van der Waals surface area contributed by atoms with Gasteiger partial charge in [-0.2, -0.15) is 0 Å². The molecule has 3 N–H and O–H groups in total. The maximum Gasteiger partial charge on any atom is 0.0135 e. The highest BCUT2D eigenvalue weighted by molar-refractivity contribution is 5.16. The third-order valence-electron chi connectivity index (χ3n) is 5.97. The molecule has 2 nitrogen and oxygen atoms in total. The van der Waals surface area contributed by atoms with Gasteiger partial charge in [0.2, 0.25) is 0 Å². The van der Waals surface area contributed by atoms with E-state index in [1.54, 1.807) is 6.42 Å². The summed E-state index contributed by atoms with van der Waals surface area (Å²) < 4.78 is 0. The van der Waals surface area contributed by atoms with E-state index in [4.69, 9.17) is 5.73 Å². The van der Waals surface area contributed by atoms with E-state index in [1.165, 1.54) is 32.2 Å². The first-order valence-corrected chi connectivity index (χ1v) is 8.06. The van der Waals surface area contributed by atoms with Gasteiger partial charge in [0.15, 0.2) is 0 Å². The number of rotatable bonds is 7. The van der Waals surface area contributed by atoms with E-state index >= 15 is 0 Å². The van der Waals surface area contributed by atoms with Gasteiger partial charge in [0.25, 0.3) is 0 Å². The van der Waals surface area contributed by atoms with Gasteiger partial charge in [-0.05, 0) is 80.7 Å². The first-order chi connectivity index (χ1) is 8.62. The average Bonchev–Trinajstić information content (AvgIpc) is 2.70. The average molecular weight is 250 g/mol. The van der Waals surface area contributed by atoms with Gasteiger partial charge in [0.1, 0.15) is 0 Å². The van der Waals surface area contributed by atoms with Crippen LogP contribution in [0, 0.1) is 29.1 Å². The lowest BCUT2D eigenvalue weighted by Gasteiger charge is -2.23. The Labute approximate surface area is 112 Å². The highest BCUT2D eigenvalue weighted by atomic mass is 15.0. The molecule has 0 heterocycles. The zero-order valence-corrected chi connectivity index (χ0v) is 12.1. The van der Waals surface area contributed by atoms with Crippen LogP contribution in [0.15, 0.2) is 0 Å². The summed E-state index contributed by atoms with van der Waals surface area (Å²) in [7, 11) is 0. The number of fused-ring (bicyclic) bond motifs is 5. The molecule has 0 aromatic rings. The Balaban J connectivity index is 1.33. The van der Waals surface area contributed by atoms with Crippen molar-refractivity contribution in [2.75, 3.05) is 13.1 Å². The highest BCUT2D eigenvalue weighted by Gasteiger charge is 2.64. The molecule has 3 rings (SSSR count). The second kappa shape index (κ2) is 4.79. The van der Waals surface area contributed by atoms with Crippen LogP contribution >= 0.6 is 0 Å². The lowest BCUT2D eigenvalue weighted by molar-refractivity contribution is 0.300. The molecular formula is C16H30N2. The molecule has 104 valence electrons. The van der Waals surface area contributed by atoms with E-state index in [0.29, 0.717) is 5.41 Å². The molecule has 2 bridgehead atoms. The summed E-state index contributed by atoms with van der Waals surface area (Å²) in [5.41, 5.74) is 6.10. The molecule has 0 spiro atoms. The highest BCUT2D eigenvalue weighted by Crippen LogP contribution is 2.65. The third kappa shape index (κ3) is 2.34. The van der Waals surface area contributed by atoms with Crippen molar-refractivity contribution in [3.8, 4) is 0 Å². The molecule has 0 aromatic heterocycles. The van der Waals surface area contributed by atoms with Crippen LogP contribution in [0.2, 0.25) is 0 Å². The van der Waals surface area contributed by atoms with Crippen molar-refractivity contribution >= 4 is 0 Å². The second-order valence-corrected chi connectivity index (χ2v) is 7.77. The molecule has 0 aromatic carbocycles. The number of hydrogen-bond acceptors (Lipinski definition) is 2. The van der Waals surface area contributed by atoms with Crippen LogP contribution in [0.4, 0.5) is 0 Å². The molecule has 0 aliphatic heterocycles. The van der Waals surface area contributed by atoms with Crippen molar-refractivity contribution in [3.63, 3.8) is 0 Å². The summed E-state index contributed by atoms with van der Waals surface area (Å²) in [5.74, 6) is 4.37. The van der Waals surface area contributed by atoms with Crippen molar-refractivity contribution in [1.82, 2.24) is 5.32 Å². The second-order valence-electron chi connectivity index (χ2n) is 7.77. The maximum absolute atomic E-state index is 5.66. The zero-order chi connectivity index (χ0) is 12.8. The van der Waals surface area contributed by atoms with E-state index in [-0.39, 0.29) is 0 Å². The van der Waals surface area contributed by atoms with Gasteiger partial charge in [0, 0.05) is 6.04 Å². The molecule has 3 saturated carbocycles. The molecule has 3 aliphatic rings. The van der Waals surface area contributed by atoms with Gasteiger partial charge >= 0.3 is 0 Å². The van der Waals surface area contributed by atoms with Crippen LogP contribution in [0.3, 0.4) is 0 Å². The Hall–Kier alpha value is -0.0800. The summed E-state index contributed by atoms with van der Waals surface area (Å²) in [6, 6.07) is 0.911. The van der Waals surface area contributed by atoms with Crippen molar-refractivity contribution < 1.29 is 0 Å². The minimum atomic E-state index is 0.439. The Morgan fingerprint density at radius 3 is 2.39 bits per heavy atom. The van der Waals surface area contributed by atoms with Crippen molar-refractivity contribution in [2.24, 2.45) is 34.8 Å². The first-order valence-electron chi connectivity index (χ1n) is 8.06. The largest absolute Gasteiger partial charge is 0.330 e. The fourth-order valence-corrected chi connectivity index (χ4v) is 4.95. The predicted octanol–water partition coefficient (Wildman–Crippen LogP) is 2.78. The van der Waals surface area contributed by atoms with E-state index in [0.717, 1.165) is 42.7 Å². The van der Waals surface area contributed by atoms with Crippen LogP contribution in [-0.2, 0) is 0 Å². The van der Waals surface area contributed by atoms with Gasteiger partial charge in [0.05, 0.1) is 0 Å². The first kappa shape index (κ1) is 12.9. The normalized spacial score (nSPS) is 41.2. The molecular weight excluding hydrogens is 220 g/mol. The number of hydrogen-bond donors (Lipinski definition) is 2. The molecule has 0 saturated heterocycles. The van der Waals surface area contributed by atoms with Crippen LogP contribution in [0.5, 0.6) is 0 Å². The molecule has 4 unspecified atom stereocenters. The van der Waals surface area contributed by atoms with Crippen molar-refractivity contribution in [2.45, 2.75) is 58.4 Å². The fourth-order valence-electron chi connectivity index (χ4n) is 4.95. The quantitative estimate of drug-likeness (QED) is 0.682. The minimum Gasteiger partial charge on any atom is -0.330 e. The van der Waals surface area contributed by atoms with Crippen molar-refractivity contribution in [1.29, 1.82) is 0 Å². The van der Waals surface area contributed by atoms with E-state index in [9.17, 15) is 0 Å².